The summed E-state index contributed by atoms with van der Waals surface area (Å²) in [6, 6.07) is 13.6. The van der Waals surface area contributed by atoms with Crippen molar-refractivity contribution in [3.05, 3.63) is 64.7 Å². The van der Waals surface area contributed by atoms with Gasteiger partial charge in [-0.05, 0) is 42.8 Å². The number of ether oxygens (including phenoxy) is 1. The topological polar surface area (TPSA) is 66.9 Å². The Balaban J connectivity index is 1.54. The summed E-state index contributed by atoms with van der Waals surface area (Å²) in [5, 5.41) is 0.429. The van der Waals surface area contributed by atoms with E-state index in [1.165, 1.54) is 0 Å². The van der Waals surface area contributed by atoms with E-state index in [4.69, 9.17) is 16.3 Å². The Kier molecular flexibility index (Phi) is 6.66. The fourth-order valence-corrected chi connectivity index (χ4v) is 3.27. The third-order valence-corrected chi connectivity index (χ3v) is 4.95. The minimum atomic E-state index is -0.133. The van der Waals surface area contributed by atoms with Gasteiger partial charge in [0.05, 0.1) is 10.6 Å². The summed E-state index contributed by atoms with van der Waals surface area (Å²) in [4.78, 5) is 39.3. The van der Waals surface area contributed by atoms with E-state index in [0.717, 1.165) is 6.29 Å². The van der Waals surface area contributed by atoms with Gasteiger partial charge in [0.2, 0.25) is 0 Å². The van der Waals surface area contributed by atoms with E-state index < -0.39 is 0 Å². The van der Waals surface area contributed by atoms with Gasteiger partial charge in [0.1, 0.15) is 12.0 Å². The predicted molar refractivity (Wildman–Crippen MR) is 106 cm³/mol. The molecule has 0 aliphatic carbocycles. The number of carbonyl (C=O) groups is 3. The lowest BCUT2D eigenvalue weighted by Gasteiger charge is -2.22. The van der Waals surface area contributed by atoms with Gasteiger partial charge in [-0.3, -0.25) is 14.4 Å². The van der Waals surface area contributed by atoms with Crippen molar-refractivity contribution in [3.8, 4) is 5.75 Å². The SMILES string of the molecule is O=Cc1ccc(OCC(=O)N2CCCN(C(=O)c3ccccc3Cl)CC2)cc1. The molecule has 0 N–H and O–H groups in total. The van der Waals surface area contributed by atoms with Gasteiger partial charge in [-0.2, -0.15) is 0 Å². The first kappa shape index (κ1) is 19.9. The molecule has 2 amide bonds. The number of amides is 2. The van der Waals surface area contributed by atoms with Crippen molar-refractivity contribution >= 4 is 29.7 Å². The molecule has 0 aromatic heterocycles. The van der Waals surface area contributed by atoms with Crippen LogP contribution in [0.5, 0.6) is 5.75 Å². The van der Waals surface area contributed by atoms with E-state index >= 15 is 0 Å². The van der Waals surface area contributed by atoms with Crippen molar-refractivity contribution < 1.29 is 19.1 Å². The molecule has 1 fully saturated rings. The minimum Gasteiger partial charge on any atom is -0.484 e. The summed E-state index contributed by atoms with van der Waals surface area (Å²) in [5.74, 6) is 0.280. The van der Waals surface area contributed by atoms with Gasteiger partial charge in [-0.15, -0.1) is 0 Å². The first-order valence-electron chi connectivity index (χ1n) is 9.08. The maximum atomic E-state index is 12.7. The van der Waals surface area contributed by atoms with E-state index in [1.54, 1.807) is 58.3 Å². The molecule has 1 heterocycles. The molecule has 0 bridgehead atoms. The molecule has 1 aliphatic heterocycles. The van der Waals surface area contributed by atoms with Crippen LogP contribution < -0.4 is 4.74 Å². The number of rotatable bonds is 5. The first-order valence-corrected chi connectivity index (χ1v) is 9.46. The Morgan fingerprint density at radius 1 is 0.964 bits per heavy atom. The summed E-state index contributed by atoms with van der Waals surface area (Å²) < 4.78 is 5.52. The first-order chi connectivity index (χ1) is 13.6. The molecule has 0 saturated carbocycles. The molecule has 7 heteroatoms. The Morgan fingerprint density at radius 2 is 1.64 bits per heavy atom. The standard InChI is InChI=1S/C21H21ClN2O4/c22-19-5-2-1-4-18(19)21(27)24-11-3-10-23(12-13-24)20(26)15-28-17-8-6-16(14-25)7-9-17/h1-2,4-9,14H,3,10-13,15H2. The van der Waals surface area contributed by atoms with Crippen molar-refractivity contribution in [1.29, 1.82) is 0 Å². The zero-order valence-electron chi connectivity index (χ0n) is 15.3. The molecule has 0 unspecified atom stereocenters. The van der Waals surface area contributed by atoms with Gasteiger partial charge in [0, 0.05) is 31.7 Å². The van der Waals surface area contributed by atoms with Crippen molar-refractivity contribution in [1.82, 2.24) is 9.80 Å². The molecule has 0 atom stereocenters. The normalized spacial score (nSPS) is 14.3. The van der Waals surface area contributed by atoms with Crippen LogP contribution in [0.15, 0.2) is 48.5 Å². The van der Waals surface area contributed by atoms with Gasteiger partial charge in [0.25, 0.3) is 11.8 Å². The Morgan fingerprint density at radius 3 is 2.36 bits per heavy atom. The fraction of sp³-hybridized carbons (Fsp3) is 0.286. The molecule has 6 nitrogen and oxygen atoms in total. The molecule has 146 valence electrons. The van der Waals surface area contributed by atoms with Crippen LogP contribution in [-0.4, -0.2) is 60.7 Å². The second-order valence-corrected chi connectivity index (χ2v) is 6.89. The number of benzene rings is 2. The average Bonchev–Trinajstić information content (AvgIpc) is 2.98. The molecular weight excluding hydrogens is 380 g/mol. The van der Waals surface area contributed by atoms with E-state index in [-0.39, 0.29) is 18.4 Å². The third kappa shape index (κ3) is 4.89. The van der Waals surface area contributed by atoms with E-state index in [9.17, 15) is 14.4 Å². The molecular formula is C21H21ClN2O4. The number of carbonyl (C=O) groups excluding carboxylic acids is 3. The predicted octanol–water partition coefficient (Wildman–Crippen LogP) is 2.91. The molecule has 28 heavy (non-hydrogen) atoms. The van der Waals surface area contributed by atoms with Crippen molar-refractivity contribution in [3.63, 3.8) is 0 Å². The van der Waals surface area contributed by atoms with Gasteiger partial charge in [-0.25, -0.2) is 0 Å². The Hall–Kier alpha value is -2.86. The molecule has 1 saturated heterocycles. The Labute approximate surface area is 168 Å². The van der Waals surface area contributed by atoms with Crippen molar-refractivity contribution in [2.45, 2.75) is 6.42 Å². The van der Waals surface area contributed by atoms with Crippen LogP contribution in [-0.2, 0) is 4.79 Å². The van der Waals surface area contributed by atoms with E-state index in [1.807, 2.05) is 0 Å². The van der Waals surface area contributed by atoms with Gasteiger partial charge >= 0.3 is 0 Å². The average molecular weight is 401 g/mol. The summed E-state index contributed by atoms with van der Waals surface area (Å²) in [7, 11) is 0. The van der Waals surface area contributed by atoms with Gasteiger partial charge in [0.15, 0.2) is 6.61 Å². The second kappa shape index (κ2) is 9.37. The quantitative estimate of drug-likeness (QED) is 0.724. The molecule has 0 spiro atoms. The van der Waals surface area contributed by atoms with Crippen LogP contribution in [0.25, 0.3) is 0 Å². The number of aldehydes is 1. The zero-order valence-corrected chi connectivity index (χ0v) is 16.1. The van der Waals surface area contributed by atoms with Crippen molar-refractivity contribution in [2.24, 2.45) is 0 Å². The smallest absolute Gasteiger partial charge is 0.260 e. The largest absolute Gasteiger partial charge is 0.484 e. The monoisotopic (exact) mass is 400 g/mol. The highest BCUT2D eigenvalue weighted by molar-refractivity contribution is 6.33. The molecule has 3 rings (SSSR count). The lowest BCUT2D eigenvalue weighted by atomic mass is 10.2. The number of hydrogen-bond acceptors (Lipinski definition) is 4. The molecule has 2 aromatic carbocycles. The number of nitrogens with zero attached hydrogens (tertiary/aromatic N) is 2. The third-order valence-electron chi connectivity index (χ3n) is 4.62. The van der Waals surface area contributed by atoms with Crippen LogP contribution >= 0.6 is 11.6 Å². The molecule has 0 radical (unpaired) electrons. The zero-order chi connectivity index (χ0) is 19.9. The summed E-state index contributed by atoms with van der Waals surface area (Å²) in [6.45, 7) is 1.95. The van der Waals surface area contributed by atoms with Crippen LogP contribution in [0.3, 0.4) is 0 Å². The summed E-state index contributed by atoms with van der Waals surface area (Å²) >= 11 is 6.13. The van der Waals surface area contributed by atoms with Crippen LogP contribution in [0.2, 0.25) is 5.02 Å². The van der Waals surface area contributed by atoms with Crippen LogP contribution in [0.1, 0.15) is 27.1 Å². The summed E-state index contributed by atoms with van der Waals surface area (Å²) in [6.07, 6.45) is 1.44. The van der Waals surface area contributed by atoms with Crippen LogP contribution in [0.4, 0.5) is 0 Å². The van der Waals surface area contributed by atoms with E-state index in [2.05, 4.69) is 0 Å². The number of halogens is 1. The van der Waals surface area contributed by atoms with Gasteiger partial charge < -0.3 is 14.5 Å². The maximum absolute atomic E-state index is 12.7. The molecule has 1 aliphatic rings. The Bertz CT molecular complexity index is 854. The highest BCUT2D eigenvalue weighted by Gasteiger charge is 2.24. The maximum Gasteiger partial charge on any atom is 0.260 e. The lowest BCUT2D eigenvalue weighted by molar-refractivity contribution is -0.133. The highest BCUT2D eigenvalue weighted by atomic mass is 35.5. The second-order valence-electron chi connectivity index (χ2n) is 6.48. The molecule has 2 aromatic rings. The fourth-order valence-electron chi connectivity index (χ4n) is 3.05. The number of hydrogen-bond donors (Lipinski definition) is 0. The lowest BCUT2D eigenvalue weighted by Crippen LogP contribution is -2.39. The van der Waals surface area contributed by atoms with Gasteiger partial charge in [-0.1, -0.05) is 23.7 Å². The summed E-state index contributed by atoms with van der Waals surface area (Å²) in [5.41, 5.74) is 1.03. The highest BCUT2D eigenvalue weighted by Crippen LogP contribution is 2.18. The minimum absolute atomic E-state index is 0.0844. The van der Waals surface area contributed by atoms with Crippen molar-refractivity contribution in [2.75, 3.05) is 32.8 Å². The van der Waals surface area contributed by atoms with E-state index in [0.29, 0.717) is 54.5 Å². The van der Waals surface area contributed by atoms with Crippen LogP contribution in [0, 0.1) is 0 Å².